The van der Waals surface area contributed by atoms with E-state index in [0.29, 0.717) is 18.4 Å². The summed E-state index contributed by atoms with van der Waals surface area (Å²) in [6.45, 7) is 4.53. The molecule has 3 atom stereocenters. The number of hydrogen-bond acceptors (Lipinski definition) is 8. The molecule has 3 unspecified atom stereocenters. The molecule has 2 aromatic carbocycles. The van der Waals surface area contributed by atoms with Crippen LogP contribution in [0, 0.1) is 0 Å². The molecule has 1 heterocycles. The Morgan fingerprint density at radius 1 is 1.14 bits per heavy atom. The molecule has 1 aliphatic heterocycles. The maximum Gasteiger partial charge on any atom is 0.251 e. The largest absolute Gasteiger partial charge is 0.403 e. The van der Waals surface area contributed by atoms with Crippen molar-refractivity contribution < 1.29 is 24.6 Å². The molecule has 42 heavy (non-hydrogen) atoms. The van der Waals surface area contributed by atoms with Gasteiger partial charge < -0.3 is 36.5 Å². The van der Waals surface area contributed by atoms with Gasteiger partial charge in [0.1, 0.15) is 11.6 Å². The summed E-state index contributed by atoms with van der Waals surface area (Å²) in [6.07, 6.45) is 4.71. The minimum atomic E-state index is -1.36. The van der Waals surface area contributed by atoms with Gasteiger partial charge >= 0.3 is 0 Å². The van der Waals surface area contributed by atoms with Gasteiger partial charge in [-0.25, -0.2) is 5.84 Å². The molecule has 3 amide bonds. The summed E-state index contributed by atoms with van der Waals surface area (Å²) in [5.41, 5.74) is 4.32. The van der Waals surface area contributed by atoms with Crippen LogP contribution in [-0.4, -0.2) is 80.3 Å². The number of nitrogens with one attached hydrogen (secondary N) is 2. The van der Waals surface area contributed by atoms with Gasteiger partial charge in [-0.05, 0) is 56.5 Å². The van der Waals surface area contributed by atoms with Gasteiger partial charge in [-0.2, -0.15) is 0 Å². The topological polar surface area (TPSA) is 174 Å². The molecule has 2 aliphatic rings. The molecule has 0 aromatic heterocycles. The minimum Gasteiger partial charge on any atom is -0.403 e. The molecule has 0 spiro atoms. The molecule has 8 N–H and O–H groups in total. The van der Waals surface area contributed by atoms with Crippen LogP contribution in [0.1, 0.15) is 69.7 Å². The molecule has 2 fully saturated rings. The molecule has 0 radical (unpaired) electrons. The van der Waals surface area contributed by atoms with Gasteiger partial charge in [0.2, 0.25) is 11.8 Å². The highest BCUT2D eigenvalue weighted by molar-refractivity contribution is 6.00. The van der Waals surface area contributed by atoms with Crippen LogP contribution in [0.2, 0.25) is 0 Å². The van der Waals surface area contributed by atoms with Crippen molar-refractivity contribution in [2.45, 2.75) is 88.6 Å². The van der Waals surface area contributed by atoms with E-state index < -0.39 is 41.1 Å². The summed E-state index contributed by atoms with van der Waals surface area (Å²) in [5.74, 6) is 5.15. The number of likely N-dealkylation sites (tertiary alicyclic amines) is 1. The summed E-state index contributed by atoms with van der Waals surface area (Å²) in [6, 6.07) is 11.6. The van der Waals surface area contributed by atoms with E-state index in [9.17, 15) is 24.6 Å². The first-order valence-electron chi connectivity index (χ1n) is 14.6. The average molecular weight is 581 g/mol. The first-order chi connectivity index (χ1) is 19.9. The number of rotatable bonds is 9. The summed E-state index contributed by atoms with van der Waals surface area (Å²) in [7, 11) is 0. The number of aliphatic hydroxyl groups is 2. The molecule has 1 saturated heterocycles. The van der Waals surface area contributed by atoms with Gasteiger partial charge in [0, 0.05) is 24.7 Å². The number of hydrogen-bond donors (Lipinski definition) is 6. The van der Waals surface area contributed by atoms with E-state index in [-0.39, 0.29) is 31.1 Å². The SMILES string of the molecule is CC(O)C1(NC(=O)C2CC(N(N)/C(=C\N)C(C)(C)O)CN2C(=O)CNC(=O)c2ccc3ccccc3c2)CCCCC1. The quantitative estimate of drug-likeness (QED) is 0.191. The number of hydrazine groups is 1. The lowest BCUT2D eigenvalue weighted by molar-refractivity contribution is -0.139. The van der Waals surface area contributed by atoms with Gasteiger partial charge in [0.15, 0.2) is 0 Å². The lowest BCUT2D eigenvalue weighted by Crippen LogP contribution is -2.60. The fourth-order valence-electron chi connectivity index (χ4n) is 6.19. The molecule has 11 nitrogen and oxygen atoms in total. The van der Waals surface area contributed by atoms with E-state index >= 15 is 0 Å². The van der Waals surface area contributed by atoms with E-state index in [2.05, 4.69) is 10.6 Å². The fraction of sp³-hybridized carbons (Fsp3) is 0.516. The maximum absolute atomic E-state index is 13.8. The normalized spacial score (nSPS) is 21.6. The molecular formula is C31H44N6O5. The van der Waals surface area contributed by atoms with Crippen LogP contribution < -0.4 is 22.2 Å². The first kappa shape index (κ1) is 31.3. The predicted molar refractivity (Wildman–Crippen MR) is 160 cm³/mol. The van der Waals surface area contributed by atoms with Crippen molar-refractivity contribution in [1.82, 2.24) is 20.5 Å². The Hall–Kier alpha value is -3.67. The van der Waals surface area contributed by atoms with E-state index in [0.717, 1.165) is 30.0 Å². The zero-order chi connectivity index (χ0) is 30.7. The Bertz CT molecular complexity index is 1330. The van der Waals surface area contributed by atoms with Crippen LogP contribution in [-0.2, 0) is 9.59 Å². The number of benzene rings is 2. The minimum absolute atomic E-state index is 0.0777. The van der Waals surface area contributed by atoms with Crippen molar-refractivity contribution in [2.75, 3.05) is 13.1 Å². The number of carbonyl (C=O) groups is 3. The molecule has 4 rings (SSSR count). The lowest BCUT2D eigenvalue weighted by atomic mass is 9.78. The number of fused-ring (bicyclic) bond motifs is 1. The van der Waals surface area contributed by atoms with E-state index in [1.54, 1.807) is 32.9 Å². The summed E-state index contributed by atoms with van der Waals surface area (Å²) in [4.78, 5) is 41.7. The first-order valence-corrected chi connectivity index (χ1v) is 14.6. The Morgan fingerprint density at radius 3 is 2.43 bits per heavy atom. The van der Waals surface area contributed by atoms with E-state index in [4.69, 9.17) is 11.6 Å². The van der Waals surface area contributed by atoms with Crippen molar-refractivity contribution in [1.29, 1.82) is 0 Å². The summed E-state index contributed by atoms with van der Waals surface area (Å²) in [5, 5.41) is 30.2. The van der Waals surface area contributed by atoms with Crippen molar-refractivity contribution >= 4 is 28.5 Å². The molecule has 228 valence electrons. The van der Waals surface area contributed by atoms with Gasteiger partial charge in [-0.1, -0.05) is 49.6 Å². The Labute approximate surface area is 246 Å². The standard InChI is InChI=1S/C31H44N6O5/c1-20(38)31(13-7-4-8-14-31)35-29(41)25-16-24(37(33)26(17-32)30(2,3)42)19-36(25)27(39)18-34-28(40)23-12-11-21-9-5-6-10-22(21)15-23/h5-6,9-12,15,17,20,24-25,38,42H,4,7-8,13-14,16,18-19,32-33H2,1-3H3,(H,34,40)(H,35,41)/b26-17-. The Balaban J connectivity index is 1.53. The van der Waals surface area contributed by atoms with Crippen LogP contribution in [0.25, 0.3) is 10.8 Å². The van der Waals surface area contributed by atoms with Crippen molar-refractivity contribution in [3.63, 3.8) is 0 Å². The molecule has 2 aromatic rings. The van der Waals surface area contributed by atoms with Gasteiger partial charge in [0.05, 0.1) is 29.9 Å². The van der Waals surface area contributed by atoms with Crippen LogP contribution in [0.4, 0.5) is 0 Å². The molecule has 0 bridgehead atoms. The van der Waals surface area contributed by atoms with Crippen molar-refractivity contribution in [3.05, 3.63) is 59.9 Å². The zero-order valence-corrected chi connectivity index (χ0v) is 24.7. The molecular weight excluding hydrogens is 536 g/mol. The molecule has 1 aliphatic carbocycles. The zero-order valence-electron chi connectivity index (χ0n) is 24.7. The number of aliphatic hydroxyl groups excluding tert-OH is 1. The van der Waals surface area contributed by atoms with Crippen LogP contribution >= 0.6 is 0 Å². The highest BCUT2D eigenvalue weighted by Crippen LogP contribution is 2.33. The van der Waals surface area contributed by atoms with Crippen molar-refractivity contribution in [3.8, 4) is 0 Å². The smallest absolute Gasteiger partial charge is 0.251 e. The van der Waals surface area contributed by atoms with Crippen LogP contribution in [0.3, 0.4) is 0 Å². The van der Waals surface area contributed by atoms with Crippen LogP contribution in [0.15, 0.2) is 54.4 Å². The maximum atomic E-state index is 13.8. The second-order valence-electron chi connectivity index (χ2n) is 12.1. The van der Waals surface area contributed by atoms with Gasteiger partial charge in [0.25, 0.3) is 5.91 Å². The monoisotopic (exact) mass is 580 g/mol. The highest BCUT2D eigenvalue weighted by Gasteiger charge is 2.46. The Kier molecular flexibility index (Phi) is 9.44. The molecule has 11 heteroatoms. The number of nitrogens with zero attached hydrogens (tertiary/aromatic N) is 2. The lowest BCUT2D eigenvalue weighted by Gasteiger charge is -2.41. The fourth-order valence-corrected chi connectivity index (χ4v) is 6.19. The summed E-state index contributed by atoms with van der Waals surface area (Å²) < 4.78 is 0. The third-order valence-corrected chi connectivity index (χ3v) is 8.69. The van der Waals surface area contributed by atoms with Gasteiger partial charge in [-0.3, -0.25) is 14.4 Å². The van der Waals surface area contributed by atoms with Crippen LogP contribution in [0.5, 0.6) is 0 Å². The van der Waals surface area contributed by atoms with E-state index in [1.807, 2.05) is 30.3 Å². The second-order valence-corrected chi connectivity index (χ2v) is 12.1. The Morgan fingerprint density at radius 2 is 1.81 bits per heavy atom. The number of carbonyl (C=O) groups excluding carboxylic acids is 3. The second kappa shape index (κ2) is 12.7. The highest BCUT2D eigenvalue weighted by atomic mass is 16.3. The van der Waals surface area contributed by atoms with E-state index in [1.165, 1.54) is 16.1 Å². The van der Waals surface area contributed by atoms with Gasteiger partial charge in [-0.15, -0.1) is 0 Å². The number of amides is 3. The van der Waals surface area contributed by atoms with Crippen molar-refractivity contribution in [2.24, 2.45) is 11.6 Å². The predicted octanol–water partition coefficient (Wildman–Crippen LogP) is 1.49. The molecule has 1 saturated carbocycles. The third-order valence-electron chi connectivity index (χ3n) is 8.69. The summed E-state index contributed by atoms with van der Waals surface area (Å²) >= 11 is 0. The third kappa shape index (κ3) is 6.69. The average Bonchev–Trinajstić information content (AvgIpc) is 3.41. The number of nitrogens with two attached hydrogens (primary N) is 2.